The highest BCUT2D eigenvalue weighted by atomic mass is 35.5. The monoisotopic (exact) mass is 363 g/mol. The number of hydrogen-bond donors (Lipinski definition) is 1. The minimum absolute atomic E-state index is 0.0800. The molecule has 1 heterocycles. The molecular weight excluding hydrogens is 351 g/mol. The van der Waals surface area contributed by atoms with Gasteiger partial charge in [-0.2, -0.15) is 13.2 Å². The van der Waals surface area contributed by atoms with Crippen LogP contribution in [0.15, 0.2) is 60.7 Å². The normalized spacial score (nSPS) is 11.4. The van der Waals surface area contributed by atoms with E-state index in [1.54, 1.807) is 54.6 Å². The largest absolute Gasteiger partial charge is 0.433 e. The summed E-state index contributed by atoms with van der Waals surface area (Å²) in [7, 11) is 0. The third-order valence-corrected chi connectivity index (χ3v) is 3.70. The number of nitrogens with one attached hydrogen (secondary N) is 1. The molecule has 0 unspecified atom stereocenters. The van der Waals surface area contributed by atoms with Gasteiger partial charge in [-0.25, -0.2) is 9.97 Å². The SMILES string of the molecule is FC(F)(F)c1cc(-c2ccccc2)nc(NCc2ccc(Cl)cc2)n1. The Kier molecular flexibility index (Phi) is 4.90. The number of aromatic nitrogens is 2. The minimum atomic E-state index is -4.55. The topological polar surface area (TPSA) is 37.8 Å². The maximum atomic E-state index is 13.1. The van der Waals surface area contributed by atoms with Crippen molar-refractivity contribution in [1.82, 2.24) is 9.97 Å². The summed E-state index contributed by atoms with van der Waals surface area (Å²) in [4.78, 5) is 7.79. The number of benzene rings is 2. The molecule has 0 atom stereocenters. The predicted octanol–water partition coefficient (Wildman–Crippen LogP) is 5.43. The maximum absolute atomic E-state index is 13.1. The lowest BCUT2D eigenvalue weighted by Gasteiger charge is -2.12. The molecule has 0 fully saturated rings. The second-order valence-electron chi connectivity index (χ2n) is 5.31. The Balaban J connectivity index is 1.91. The van der Waals surface area contributed by atoms with Crippen molar-refractivity contribution in [3.05, 3.63) is 76.9 Å². The summed E-state index contributed by atoms with van der Waals surface area (Å²) in [5, 5.41) is 3.43. The highest BCUT2D eigenvalue weighted by molar-refractivity contribution is 6.30. The van der Waals surface area contributed by atoms with E-state index in [0.717, 1.165) is 11.6 Å². The molecule has 0 spiro atoms. The first kappa shape index (κ1) is 17.2. The fourth-order valence-electron chi connectivity index (χ4n) is 2.21. The Morgan fingerprint density at radius 2 is 1.60 bits per heavy atom. The van der Waals surface area contributed by atoms with E-state index >= 15 is 0 Å². The van der Waals surface area contributed by atoms with E-state index in [-0.39, 0.29) is 18.2 Å². The number of halogens is 4. The highest BCUT2D eigenvalue weighted by Gasteiger charge is 2.33. The van der Waals surface area contributed by atoms with Crippen LogP contribution in [0.3, 0.4) is 0 Å². The van der Waals surface area contributed by atoms with E-state index in [4.69, 9.17) is 11.6 Å². The van der Waals surface area contributed by atoms with Crippen LogP contribution in [-0.2, 0) is 12.7 Å². The Morgan fingerprint density at radius 1 is 0.920 bits per heavy atom. The Labute approximate surface area is 147 Å². The molecule has 0 saturated carbocycles. The van der Waals surface area contributed by atoms with Crippen molar-refractivity contribution in [1.29, 1.82) is 0 Å². The van der Waals surface area contributed by atoms with E-state index in [9.17, 15) is 13.2 Å². The summed E-state index contributed by atoms with van der Waals surface area (Å²) in [6, 6.07) is 16.6. The first-order chi connectivity index (χ1) is 11.9. The highest BCUT2D eigenvalue weighted by Crippen LogP contribution is 2.31. The van der Waals surface area contributed by atoms with Gasteiger partial charge in [0.05, 0.1) is 5.69 Å². The number of nitrogens with zero attached hydrogens (tertiary/aromatic N) is 2. The van der Waals surface area contributed by atoms with Crippen LogP contribution in [0.2, 0.25) is 5.02 Å². The van der Waals surface area contributed by atoms with Crippen LogP contribution in [0, 0.1) is 0 Å². The second-order valence-corrected chi connectivity index (χ2v) is 5.74. The Hall–Kier alpha value is -2.60. The molecule has 0 aliphatic carbocycles. The molecule has 0 amide bonds. The quantitative estimate of drug-likeness (QED) is 0.671. The molecule has 7 heteroatoms. The summed E-state index contributed by atoms with van der Waals surface area (Å²) < 4.78 is 39.4. The number of anilines is 1. The summed E-state index contributed by atoms with van der Waals surface area (Å²) in [6.07, 6.45) is -4.55. The first-order valence-corrected chi connectivity index (χ1v) is 7.79. The second kappa shape index (κ2) is 7.11. The lowest BCUT2D eigenvalue weighted by atomic mass is 10.1. The van der Waals surface area contributed by atoms with E-state index in [1.807, 2.05) is 0 Å². The molecule has 2 aromatic carbocycles. The maximum Gasteiger partial charge on any atom is 0.433 e. The molecule has 3 rings (SSSR count). The Morgan fingerprint density at radius 3 is 2.24 bits per heavy atom. The standard InChI is InChI=1S/C18H13ClF3N3/c19-14-8-6-12(7-9-14)11-23-17-24-15(13-4-2-1-3-5-13)10-16(25-17)18(20,21)22/h1-10H,11H2,(H,23,24,25). The molecule has 0 aliphatic heterocycles. The molecular formula is C18H13ClF3N3. The predicted molar refractivity (Wildman–Crippen MR) is 91.2 cm³/mol. The van der Waals surface area contributed by atoms with Crippen LogP contribution in [-0.4, -0.2) is 9.97 Å². The number of rotatable bonds is 4. The van der Waals surface area contributed by atoms with Crippen molar-refractivity contribution >= 4 is 17.5 Å². The van der Waals surface area contributed by atoms with Gasteiger partial charge in [0.2, 0.25) is 5.95 Å². The van der Waals surface area contributed by atoms with Gasteiger partial charge < -0.3 is 5.32 Å². The van der Waals surface area contributed by atoms with Crippen molar-refractivity contribution in [2.24, 2.45) is 0 Å². The Bertz CT molecular complexity index is 850. The first-order valence-electron chi connectivity index (χ1n) is 7.42. The fourth-order valence-corrected chi connectivity index (χ4v) is 2.34. The van der Waals surface area contributed by atoms with E-state index in [1.165, 1.54) is 0 Å². The van der Waals surface area contributed by atoms with E-state index < -0.39 is 11.9 Å². The van der Waals surface area contributed by atoms with Gasteiger partial charge in [0.15, 0.2) is 5.69 Å². The average Bonchev–Trinajstić information content (AvgIpc) is 2.61. The zero-order chi connectivity index (χ0) is 17.9. The van der Waals surface area contributed by atoms with Crippen LogP contribution in [0.4, 0.5) is 19.1 Å². The third kappa shape index (κ3) is 4.48. The number of hydrogen-bond acceptors (Lipinski definition) is 3. The third-order valence-electron chi connectivity index (χ3n) is 3.45. The molecule has 0 radical (unpaired) electrons. The molecule has 128 valence electrons. The van der Waals surface area contributed by atoms with Crippen molar-refractivity contribution in [3.63, 3.8) is 0 Å². The number of alkyl halides is 3. The minimum Gasteiger partial charge on any atom is -0.350 e. The van der Waals surface area contributed by atoms with Crippen LogP contribution in [0.25, 0.3) is 11.3 Å². The van der Waals surface area contributed by atoms with Gasteiger partial charge in [0.25, 0.3) is 0 Å². The zero-order valence-corrected chi connectivity index (χ0v) is 13.6. The molecule has 0 bridgehead atoms. The van der Waals surface area contributed by atoms with Crippen molar-refractivity contribution in [3.8, 4) is 11.3 Å². The summed E-state index contributed by atoms with van der Waals surface area (Å²) in [6.45, 7) is 0.284. The molecule has 3 nitrogen and oxygen atoms in total. The van der Waals surface area contributed by atoms with Gasteiger partial charge in [-0.1, -0.05) is 54.1 Å². The molecule has 0 saturated heterocycles. The molecule has 1 aromatic heterocycles. The van der Waals surface area contributed by atoms with Gasteiger partial charge in [0.1, 0.15) is 0 Å². The molecule has 25 heavy (non-hydrogen) atoms. The lowest BCUT2D eigenvalue weighted by Crippen LogP contribution is -2.12. The van der Waals surface area contributed by atoms with Gasteiger partial charge in [-0.3, -0.25) is 0 Å². The van der Waals surface area contributed by atoms with Crippen molar-refractivity contribution in [2.45, 2.75) is 12.7 Å². The van der Waals surface area contributed by atoms with Gasteiger partial charge in [-0.05, 0) is 23.8 Å². The summed E-state index contributed by atoms with van der Waals surface area (Å²) >= 11 is 5.82. The van der Waals surface area contributed by atoms with Crippen LogP contribution in [0.1, 0.15) is 11.3 Å². The van der Waals surface area contributed by atoms with Gasteiger partial charge >= 0.3 is 6.18 Å². The summed E-state index contributed by atoms with van der Waals surface area (Å²) in [5.41, 5.74) is 0.665. The molecule has 1 N–H and O–H groups in total. The van der Waals surface area contributed by atoms with E-state index in [2.05, 4.69) is 15.3 Å². The van der Waals surface area contributed by atoms with Crippen LogP contribution in [0.5, 0.6) is 0 Å². The summed E-state index contributed by atoms with van der Waals surface area (Å²) in [5.74, 6) is -0.0800. The van der Waals surface area contributed by atoms with Crippen LogP contribution >= 0.6 is 11.6 Å². The van der Waals surface area contributed by atoms with Crippen LogP contribution < -0.4 is 5.32 Å². The van der Waals surface area contributed by atoms with Crippen molar-refractivity contribution < 1.29 is 13.2 Å². The zero-order valence-electron chi connectivity index (χ0n) is 12.9. The van der Waals surface area contributed by atoms with Gasteiger partial charge in [0, 0.05) is 17.1 Å². The fraction of sp³-hybridized carbons (Fsp3) is 0.111. The van der Waals surface area contributed by atoms with Gasteiger partial charge in [-0.15, -0.1) is 0 Å². The molecule has 0 aliphatic rings. The van der Waals surface area contributed by atoms with Crippen molar-refractivity contribution in [2.75, 3.05) is 5.32 Å². The van der Waals surface area contributed by atoms with E-state index in [0.29, 0.717) is 10.6 Å². The lowest BCUT2D eigenvalue weighted by molar-refractivity contribution is -0.141. The molecule has 3 aromatic rings. The smallest absolute Gasteiger partial charge is 0.350 e. The average molecular weight is 364 g/mol.